The van der Waals surface area contributed by atoms with Crippen LogP contribution in [0.25, 0.3) is 4.85 Å². The van der Waals surface area contributed by atoms with Crippen LogP contribution in [-0.2, 0) is 17.9 Å². The quantitative estimate of drug-likeness (QED) is 0.717. The number of imidazole rings is 1. The number of amides is 1. The van der Waals surface area contributed by atoms with E-state index < -0.39 is 0 Å². The summed E-state index contributed by atoms with van der Waals surface area (Å²) in [4.78, 5) is 25.4. The molecule has 3 fully saturated rings. The van der Waals surface area contributed by atoms with E-state index in [1.807, 2.05) is 36.8 Å². The van der Waals surface area contributed by atoms with Crippen LogP contribution in [0.15, 0.2) is 36.8 Å². The molecule has 1 saturated heterocycles. The van der Waals surface area contributed by atoms with Crippen molar-refractivity contribution in [2.75, 3.05) is 26.2 Å². The van der Waals surface area contributed by atoms with E-state index in [-0.39, 0.29) is 0 Å². The number of benzene rings is 1. The number of fused-ring (bicyclic) bond motifs is 2. The molecule has 2 bridgehead atoms. The zero-order chi connectivity index (χ0) is 20.5. The van der Waals surface area contributed by atoms with Crippen LogP contribution in [0.1, 0.15) is 36.9 Å². The SMILES string of the molecule is [C-]#[N+]c1ccc(Cn2cncc2CN2CCN(C(=O)C3CC4CCC3C4)CC2)cc1. The largest absolute Gasteiger partial charge is 0.340 e. The smallest absolute Gasteiger partial charge is 0.226 e. The van der Waals surface area contributed by atoms with Crippen molar-refractivity contribution in [3.05, 3.63) is 59.5 Å². The van der Waals surface area contributed by atoms with E-state index in [1.54, 1.807) is 0 Å². The van der Waals surface area contributed by atoms with Crippen molar-refractivity contribution in [3.63, 3.8) is 0 Å². The maximum absolute atomic E-state index is 13.0. The topological polar surface area (TPSA) is 45.7 Å². The molecule has 1 aromatic carbocycles. The molecule has 2 aliphatic carbocycles. The molecule has 0 radical (unpaired) electrons. The number of carbonyl (C=O) groups is 1. The second kappa shape index (κ2) is 8.23. The van der Waals surface area contributed by atoms with Gasteiger partial charge < -0.3 is 9.47 Å². The second-order valence-corrected chi connectivity index (χ2v) is 9.17. The van der Waals surface area contributed by atoms with Crippen molar-refractivity contribution in [2.45, 2.75) is 38.8 Å². The van der Waals surface area contributed by atoms with Gasteiger partial charge in [0.15, 0.2) is 5.69 Å². The molecule has 3 unspecified atom stereocenters. The summed E-state index contributed by atoms with van der Waals surface area (Å²) >= 11 is 0. The molecule has 156 valence electrons. The number of rotatable bonds is 5. The molecule has 6 nitrogen and oxygen atoms in total. The van der Waals surface area contributed by atoms with Gasteiger partial charge in [0.05, 0.1) is 18.6 Å². The predicted molar refractivity (Wildman–Crippen MR) is 115 cm³/mol. The lowest BCUT2D eigenvalue weighted by atomic mass is 9.87. The van der Waals surface area contributed by atoms with Gasteiger partial charge in [0.25, 0.3) is 0 Å². The Morgan fingerprint density at radius 3 is 2.53 bits per heavy atom. The number of hydrogen-bond donors (Lipinski definition) is 0. The summed E-state index contributed by atoms with van der Waals surface area (Å²) in [6, 6.07) is 7.76. The van der Waals surface area contributed by atoms with Crippen molar-refractivity contribution in [3.8, 4) is 0 Å². The lowest BCUT2D eigenvalue weighted by Gasteiger charge is -2.37. The average Bonchev–Trinajstić information content (AvgIpc) is 3.52. The number of hydrogen-bond acceptors (Lipinski definition) is 3. The van der Waals surface area contributed by atoms with Gasteiger partial charge in [-0.05, 0) is 36.7 Å². The Kier molecular flexibility index (Phi) is 5.30. The minimum absolute atomic E-state index is 0.311. The van der Waals surface area contributed by atoms with Gasteiger partial charge in [-0.3, -0.25) is 9.69 Å². The highest BCUT2D eigenvalue weighted by atomic mass is 16.2. The molecular formula is C24H29N5O. The van der Waals surface area contributed by atoms with Crippen LogP contribution in [0.4, 0.5) is 5.69 Å². The number of aromatic nitrogens is 2. The normalized spacial score (nSPS) is 26.1. The van der Waals surface area contributed by atoms with Gasteiger partial charge in [-0.1, -0.05) is 30.7 Å². The number of piperazine rings is 1. The first kappa shape index (κ1) is 19.3. The van der Waals surface area contributed by atoms with Crippen LogP contribution in [0.2, 0.25) is 0 Å². The van der Waals surface area contributed by atoms with E-state index in [0.717, 1.165) is 51.6 Å². The zero-order valence-corrected chi connectivity index (χ0v) is 17.4. The predicted octanol–water partition coefficient (Wildman–Crippen LogP) is 3.56. The highest BCUT2D eigenvalue weighted by Crippen LogP contribution is 2.48. The Balaban J connectivity index is 1.15. The molecule has 30 heavy (non-hydrogen) atoms. The molecule has 1 amide bonds. The Morgan fingerprint density at radius 1 is 1.07 bits per heavy atom. The first-order chi connectivity index (χ1) is 14.7. The Bertz CT molecular complexity index is 935. The molecule has 3 atom stereocenters. The molecular weight excluding hydrogens is 374 g/mol. The average molecular weight is 404 g/mol. The Hall–Kier alpha value is -2.65. The summed E-state index contributed by atoms with van der Waals surface area (Å²) in [7, 11) is 0. The van der Waals surface area contributed by atoms with Crippen LogP contribution in [0.3, 0.4) is 0 Å². The van der Waals surface area contributed by atoms with Crippen LogP contribution in [0.5, 0.6) is 0 Å². The van der Waals surface area contributed by atoms with E-state index in [2.05, 4.69) is 24.2 Å². The monoisotopic (exact) mass is 403 g/mol. The molecule has 6 heteroatoms. The van der Waals surface area contributed by atoms with Crippen molar-refractivity contribution >= 4 is 11.6 Å². The van der Waals surface area contributed by atoms with Gasteiger partial charge >= 0.3 is 0 Å². The molecule has 1 aliphatic heterocycles. The summed E-state index contributed by atoms with van der Waals surface area (Å²) in [5, 5.41) is 0. The minimum Gasteiger partial charge on any atom is -0.340 e. The van der Waals surface area contributed by atoms with E-state index in [1.165, 1.54) is 30.5 Å². The van der Waals surface area contributed by atoms with E-state index in [9.17, 15) is 4.79 Å². The van der Waals surface area contributed by atoms with Gasteiger partial charge in [0.1, 0.15) is 0 Å². The van der Waals surface area contributed by atoms with Gasteiger partial charge in [0, 0.05) is 51.4 Å². The molecule has 5 rings (SSSR count). The van der Waals surface area contributed by atoms with Gasteiger partial charge in [-0.15, -0.1) is 0 Å². The lowest BCUT2D eigenvalue weighted by molar-refractivity contribution is -0.139. The number of carbonyl (C=O) groups excluding carboxylic acids is 1. The van der Waals surface area contributed by atoms with Crippen molar-refractivity contribution in [2.24, 2.45) is 17.8 Å². The van der Waals surface area contributed by atoms with E-state index >= 15 is 0 Å². The summed E-state index contributed by atoms with van der Waals surface area (Å²) in [6.45, 7) is 12.2. The van der Waals surface area contributed by atoms with Gasteiger partial charge in [-0.2, -0.15) is 0 Å². The first-order valence-corrected chi connectivity index (χ1v) is 11.2. The standard InChI is InChI=1S/C24H29N5O/c1-25-21-6-3-18(4-7-21)15-29-17-26-14-22(29)16-27-8-10-28(11-9-27)24(30)23-13-19-2-5-20(23)12-19/h3-4,6-7,14,17,19-20,23H,2,5,8-13,15-16H2. The Morgan fingerprint density at radius 2 is 1.87 bits per heavy atom. The summed E-state index contributed by atoms with van der Waals surface area (Å²) in [6.07, 6.45) is 8.87. The molecule has 2 heterocycles. The highest BCUT2D eigenvalue weighted by Gasteiger charge is 2.44. The van der Waals surface area contributed by atoms with E-state index in [0.29, 0.717) is 23.4 Å². The van der Waals surface area contributed by atoms with Gasteiger partial charge in [-0.25, -0.2) is 9.83 Å². The van der Waals surface area contributed by atoms with Crippen molar-refractivity contribution in [1.82, 2.24) is 19.4 Å². The second-order valence-electron chi connectivity index (χ2n) is 9.17. The summed E-state index contributed by atoms with van der Waals surface area (Å²) in [5.74, 6) is 2.22. The van der Waals surface area contributed by atoms with Crippen LogP contribution >= 0.6 is 0 Å². The first-order valence-electron chi connectivity index (χ1n) is 11.2. The highest BCUT2D eigenvalue weighted by molar-refractivity contribution is 5.79. The van der Waals surface area contributed by atoms with Crippen molar-refractivity contribution < 1.29 is 4.79 Å². The molecule has 2 aromatic rings. The lowest BCUT2D eigenvalue weighted by Crippen LogP contribution is -2.50. The van der Waals surface area contributed by atoms with Crippen LogP contribution in [-0.4, -0.2) is 51.4 Å². The summed E-state index contributed by atoms with van der Waals surface area (Å²) < 4.78 is 2.18. The van der Waals surface area contributed by atoms with E-state index in [4.69, 9.17) is 6.57 Å². The third kappa shape index (κ3) is 3.87. The fourth-order valence-electron chi connectivity index (χ4n) is 5.63. The molecule has 2 saturated carbocycles. The third-order valence-electron chi connectivity index (χ3n) is 7.34. The Labute approximate surface area is 178 Å². The fraction of sp³-hybridized carbons (Fsp3) is 0.542. The van der Waals surface area contributed by atoms with Crippen molar-refractivity contribution in [1.29, 1.82) is 0 Å². The fourth-order valence-corrected chi connectivity index (χ4v) is 5.63. The molecule has 1 aromatic heterocycles. The summed E-state index contributed by atoms with van der Waals surface area (Å²) in [5.41, 5.74) is 3.03. The molecule has 0 N–H and O–H groups in total. The number of nitrogens with zero attached hydrogens (tertiary/aromatic N) is 5. The van der Waals surface area contributed by atoms with Crippen LogP contribution < -0.4 is 0 Å². The maximum Gasteiger partial charge on any atom is 0.226 e. The zero-order valence-electron chi connectivity index (χ0n) is 17.4. The molecule has 3 aliphatic rings. The molecule has 0 spiro atoms. The maximum atomic E-state index is 13.0. The van der Waals surface area contributed by atoms with Gasteiger partial charge in [0.2, 0.25) is 5.91 Å². The van der Waals surface area contributed by atoms with Crippen LogP contribution in [0, 0.1) is 24.3 Å². The third-order valence-corrected chi connectivity index (χ3v) is 7.34. The minimum atomic E-state index is 0.311.